The summed E-state index contributed by atoms with van der Waals surface area (Å²) in [7, 11) is 4.41. The van der Waals surface area contributed by atoms with E-state index in [9.17, 15) is 0 Å². The van der Waals surface area contributed by atoms with Gasteiger partial charge in [-0.15, -0.1) is 0 Å². The maximum absolute atomic E-state index is 6.05. The Morgan fingerprint density at radius 1 is 1.11 bits per heavy atom. The molecule has 0 amide bonds. The van der Waals surface area contributed by atoms with E-state index in [1.165, 1.54) is 42.4 Å². The summed E-state index contributed by atoms with van der Waals surface area (Å²) in [5, 5.41) is 0. The van der Waals surface area contributed by atoms with Crippen LogP contribution in [0.4, 0.5) is 0 Å². The third kappa shape index (κ3) is 3.37. The van der Waals surface area contributed by atoms with Crippen molar-refractivity contribution in [2.24, 2.45) is 11.7 Å². The summed E-state index contributed by atoms with van der Waals surface area (Å²) in [4.78, 5) is 2.39. The van der Waals surface area contributed by atoms with Gasteiger partial charge < -0.3 is 10.6 Å². The molecule has 0 aliphatic heterocycles. The van der Waals surface area contributed by atoms with E-state index in [1.54, 1.807) is 0 Å². The fraction of sp³-hybridized carbons (Fsp3) is 0.647. The number of nitrogens with two attached hydrogens (primary N) is 1. The molecular formula is C17H28N2. The van der Waals surface area contributed by atoms with Gasteiger partial charge in [0.25, 0.3) is 0 Å². The van der Waals surface area contributed by atoms with E-state index in [0.29, 0.717) is 12.1 Å². The first kappa shape index (κ1) is 14.5. The van der Waals surface area contributed by atoms with Gasteiger partial charge in [0.15, 0.2) is 0 Å². The van der Waals surface area contributed by atoms with Gasteiger partial charge in [0.1, 0.15) is 0 Å². The van der Waals surface area contributed by atoms with Crippen LogP contribution < -0.4 is 5.73 Å². The fourth-order valence-corrected chi connectivity index (χ4v) is 3.57. The minimum Gasteiger partial charge on any atom is -0.328 e. The minimum absolute atomic E-state index is 0.429. The average Bonchev–Trinajstić information content (AvgIpc) is 2.34. The van der Waals surface area contributed by atoms with Gasteiger partial charge in [0.05, 0.1) is 0 Å². The Bertz CT molecular complexity index is 417. The molecule has 0 saturated heterocycles. The minimum atomic E-state index is 0.429. The largest absolute Gasteiger partial charge is 0.328 e. The van der Waals surface area contributed by atoms with Crippen molar-refractivity contribution in [3.8, 4) is 0 Å². The average molecular weight is 260 g/mol. The van der Waals surface area contributed by atoms with Gasteiger partial charge in [0.2, 0.25) is 0 Å². The zero-order valence-corrected chi connectivity index (χ0v) is 12.8. The molecule has 2 N–H and O–H groups in total. The Balaban J connectivity index is 2.24. The predicted octanol–water partition coefficient (Wildman–Crippen LogP) is 3.42. The second-order valence-electron chi connectivity index (χ2n) is 6.44. The van der Waals surface area contributed by atoms with Crippen LogP contribution in [0.2, 0.25) is 0 Å². The van der Waals surface area contributed by atoms with E-state index < -0.39 is 0 Å². The molecule has 1 fully saturated rings. The molecule has 2 heteroatoms. The molecule has 1 aliphatic carbocycles. The molecule has 0 aromatic heterocycles. The highest BCUT2D eigenvalue weighted by molar-refractivity contribution is 5.33. The number of rotatable bonds is 3. The van der Waals surface area contributed by atoms with Crippen molar-refractivity contribution in [1.82, 2.24) is 4.90 Å². The van der Waals surface area contributed by atoms with Crippen molar-refractivity contribution in [2.45, 2.75) is 51.6 Å². The van der Waals surface area contributed by atoms with Gasteiger partial charge in [-0.3, -0.25) is 0 Å². The summed E-state index contributed by atoms with van der Waals surface area (Å²) in [5.74, 6) is 0.746. The van der Waals surface area contributed by atoms with Crippen molar-refractivity contribution in [1.29, 1.82) is 0 Å². The summed E-state index contributed by atoms with van der Waals surface area (Å²) >= 11 is 0. The molecule has 106 valence electrons. The number of hydrogen-bond donors (Lipinski definition) is 1. The van der Waals surface area contributed by atoms with Crippen molar-refractivity contribution < 1.29 is 0 Å². The fourth-order valence-electron chi connectivity index (χ4n) is 3.57. The molecule has 0 heterocycles. The van der Waals surface area contributed by atoms with Crippen LogP contribution in [0.3, 0.4) is 0 Å². The third-order valence-electron chi connectivity index (χ3n) is 4.56. The predicted molar refractivity (Wildman–Crippen MR) is 82.3 cm³/mol. The van der Waals surface area contributed by atoms with Gasteiger partial charge >= 0.3 is 0 Å². The first-order valence-corrected chi connectivity index (χ1v) is 7.48. The Labute approximate surface area is 118 Å². The molecule has 1 aromatic rings. The lowest BCUT2D eigenvalue weighted by atomic mass is 9.78. The smallest absolute Gasteiger partial charge is 0.0372 e. The van der Waals surface area contributed by atoms with E-state index in [1.807, 2.05) is 0 Å². The Hall–Kier alpha value is -0.860. The highest BCUT2D eigenvalue weighted by Gasteiger charge is 2.29. The lowest BCUT2D eigenvalue weighted by molar-refractivity contribution is 0.164. The zero-order valence-electron chi connectivity index (χ0n) is 12.8. The second-order valence-corrected chi connectivity index (χ2v) is 6.44. The summed E-state index contributed by atoms with van der Waals surface area (Å²) < 4.78 is 0. The third-order valence-corrected chi connectivity index (χ3v) is 4.56. The Morgan fingerprint density at radius 3 is 2.26 bits per heavy atom. The Kier molecular flexibility index (Phi) is 4.64. The number of benzene rings is 1. The zero-order chi connectivity index (χ0) is 14.0. The van der Waals surface area contributed by atoms with Gasteiger partial charge in [-0.25, -0.2) is 0 Å². The van der Waals surface area contributed by atoms with Gasteiger partial charge in [-0.1, -0.05) is 23.8 Å². The molecule has 0 bridgehead atoms. The first-order valence-electron chi connectivity index (χ1n) is 7.48. The number of aryl methyl sites for hydroxylation is 2. The molecule has 2 rings (SSSR count). The van der Waals surface area contributed by atoms with Crippen LogP contribution in [0.1, 0.15) is 48.4 Å². The molecule has 1 saturated carbocycles. The van der Waals surface area contributed by atoms with E-state index in [0.717, 1.165) is 5.92 Å². The van der Waals surface area contributed by atoms with Crippen molar-refractivity contribution in [2.75, 3.05) is 14.1 Å². The Morgan fingerprint density at radius 2 is 1.74 bits per heavy atom. The van der Waals surface area contributed by atoms with E-state index >= 15 is 0 Å². The second kappa shape index (κ2) is 6.06. The normalized spacial score (nSPS) is 25.6. The van der Waals surface area contributed by atoms with Crippen LogP contribution in [-0.2, 0) is 0 Å². The van der Waals surface area contributed by atoms with Crippen LogP contribution in [0.25, 0.3) is 0 Å². The van der Waals surface area contributed by atoms with Crippen LogP contribution in [0.5, 0.6) is 0 Å². The molecule has 1 aromatic carbocycles. The van der Waals surface area contributed by atoms with Crippen LogP contribution in [0, 0.1) is 19.8 Å². The standard InChI is InChI=1S/C17H28N2/c1-12-5-10-16(13(2)11-12)17(19(3)4)14-6-8-15(18)9-7-14/h5,10-11,14-15,17H,6-9,18H2,1-4H3. The maximum atomic E-state index is 6.05. The lowest BCUT2D eigenvalue weighted by Crippen LogP contribution is -2.34. The van der Waals surface area contributed by atoms with E-state index in [4.69, 9.17) is 5.73 Å². The molecule has 0 radical (unpaired) electrons. The maximum Gasteiger partial charge on any atom is 0.0372 e. The van der Waals surface area contributed by atoms with Crippen molar-refractivity contribution in [3.63, 3.8) is 0 Å². The first-order chi connectivity index (χ1) is 8.99. The van der Waals surface area contributed by atoms with Gasteiger partial charge in [-0.05, 0) is 70.7 Å². The summed E-state index contributed by atoms with van der Waals surface area (Å²) in [6, 6.07) is 7.84. The van der Waals surface area contributed by atoms with E-state index in [2.05, 4.69) is 51.0 Å². The molecule has 2 nitrogen and oxygen atoms in total. The number of nitrogens with zero attached hydrogens (tertiary/aromatic N) is 1. The molecule has 19 heavy (non-hydrogen) atoms. The van der Waals surface area contributed by atoms with Gasteiger partial charge in [0, 0.05) is 12.1 Å². The topological polar surface area (TPSA) is 29.3 Å². The van der Waals surface area contributed by atoms with Crippen LogP contribution in [-0.4, -0.2) is 25.0 Å². The lowest BCUT2D eigenvalue weighted by Gasteiger charge is -2.37. The highest BCUT2D eigenvalue weighted by Crippen LogP contribution is 2.38. The summed E-state index contributed by atoms with van der Waals surface area (Å²) in [6.45, 7) is 4.41. The number of hydrogen-bond acceptors (Lipinski definition) is 2. The monoisotopic (exact) mass is 260 g/mol. The van der Waals surface area contributed by atoms with E-state index in [-0.39, 0.29) is 0 Å². The summed E-state index contributed by atoms with van der Waals surface area (Å²) in [5.41, 5.74) is 10.3. The molecule has 1 atom stereocenters. The summed E-state index contributed by atoms with van der Waals surface area (Å²) in [6.07, 6.45) is 4.88. The molecule has 1 aliphatic rings. The highest BCUT2D eigenvalue weighted by atomic mass is 15.1. The van der Waals surface area contributed by atoms with Gasteiger partial charge in [-0.2, -0.15) is 0 Å². The quantitative estimate of drug-likeness (QED) is 0.902. The SMILES string of the molecule is Cc1ccc(C(C2CCC(N)CC2)N(C)C)c(C)c1. The molecule has 0 spiro atoms. The molecular weight excluding hydrogens is 232 g/mol. The molecule has 1 unspecified atom stereocenters. The van der Waals surface area contributed by atoms with Crippen LogP contribution >= 0.6 is 0 Å². The van der Waals surface area contributed by atoms with Crippen LogP contribution in [0.15, 0.2) is 18.2 Å². The van der Waals surface area contributed by atoms with Crippen molar-refractivity contribution >= 4 is 0 Å². The van der Waals surface area contributed by atoms with Crippen molar-refractivity contribution in [3.05, 3.63) is 34.9 Å².